The number of fused-ring (bicyclic) bond motifs is 1. The lowest BCUT2D eigenvalue weighted by atomic mass is 9.97. The summed E-state index contributed by atoms with van der Waals surface area (Å²) >= 11 is 12.5. The first kappa shape index (κ1) is 30.0. The van der Waals surface area contributed by atoms with Crippen molar-refractivity contribution >= 4 is 44.2 Å². The van der Waals surface area contributed by atoms with E-state index in [0.717, 1.165) is 37.9 Å². The van der Waals surface area contributed by atoms with Gasteiger partial charge in [0.25, 0.3) is 5.56 Å². The predicted molar refractivity (Wildman–Crippen MR) is 167 cm³/mol. The summed E-state index contributed by atoms with van der Waals surface area (Å²) in [5.74, 6) is 0.701. The van der Waals surface area contributed by atoms with E-state index in [4.69, 9.17) is 36.9 Å². The standard InChI is InChI=1S/C32H33Cl2N2O6S/c1-21-36(16-4-3-5-17-36)29(20-41-21)30-31(42-43(38,39)26-13-8-23(33)9-14-26)27-18-24(34)10-15-28(27)35(32(30)37)19-22-6-11-25(40-2)12-7-22/h6-15,18,21,29H,3-5,16-17,19-20H2,1-2H3/q+1. The average molecular weight is 645 g/mol. The molecule has 2 unspecified atom stereocenters. The average Bonchev–Trinajstić information content (AvgIpc) is 3.30. The molecule has 0 N–H and O–H groups in total. The SMILES string of the molecule is COc1ccc(Cn2c(=O)c(C3COC(C)[N+]34CCCCC4)c(OS(=O)(=O)c3ccc(Cl)cc3)c3cc(Cl)ccc32)cc1. The second-order valence-electron chi connectivity index (χ2n) is 11.2. The number of pyridine rings is 1. The first-order chi connectivity index (χ1) is 20.6. The zero-order valence-electron chi connectivity index (χ0n) is 24.0. The van der Waals surface area contributed by atoms with E-state index in [2.05, 4.69) is 0 Å². The number of hydrogen-bond donors (Lipinski definition) is 0. The van der Waals surface area contributed by atoms with E-state index in [1.807, 2.05) is 31.2 Å². The van der Waals surface area contributed by atoms with Crippen LogP contribution >= 0.6 is 23.2 Å². The fourth-order valence-corrected chi connectivity index (χ4v) is 7.80. The van der Waals surface area contributed by atoms with Crippen LogP contribution in [0.3, 0.4) is 0 Å². The lowest BCUT2D eigenvalue weighted by molar-refractivity contribution is -0.977. The van der Waals surface area contributed by atoms with Crippen molar-refractivity contribution in [1.29, 1.82) is 0 Å². The molecule has 1 spiro atoms. The molecule has 8 nitrogen and oxygen atoms in total. The molecule has 2 aliphatic heterocycles. The van der Waals surface area contributed by atoms with Crippen molar-refractivity contribution in [3.63, 3.8) is 0 Å². The summed E-state index contributed by atoms with van der Waals surface area (Å²) in [6, 6.07) is 17.9. The molecule has 2 atom stereocenters. The van der Waals surface area contributed by atoms with Gasteiger partial charge in [-0.25, -0.2) is 0 Å². The molecule has 0 saturated carbocycles. The summed E-state index contributed by atoms with van der Waals surface area (Å²) < 4.78 is 47.2. The van der Waals surface area contributed by atoms with Crippen molar-refractivity contribution in [3.8, 4) is 11.5 Å². The number of quaternary nitrogens is 1. The highest BCUT2D eigenvalue weighted by atomic mass is 35.5. The minimum atomic E-state index is -4.35. The van der Waals surface area contributed by atoms with E-state index in [-0.39, 0.29) is 41.1 Å². The second-order valence-corrected chi connectivity index (χ2v) is 13.6. The van der Waals surface area contributed by atoms with Crippen LogP contribution in [0.4, 0.5) is 0 Å². The van der Waals surface area contributed by atoms with Crippen LogP contribution in [0.1, 0.15) is 43.4 Å². The molecular weight excluding hydrogens is 611 g/mol. The van der Waals surface area contributed by atoms with Crippen LogP contribution in [0.2, 0.25) is 10.0 Å². The molecule has 0 bridgehead atoms. The van der Waals surface area contributed by atoms with Crippen LogP contribution in [-0.4, -0.2) is 50.5 Å². The first-order valence-corrected chi connectivity index (χ1v) is 16.5. The Morgan fingerprint density at radius 1 is 0.953 bits per heavy atom. The highest BCUT2D eigenvalue weighted by molar-refractivity contribution is 7.87. The number of methoxy groups -OCH3 is 1. The molecule has 11 heteroatoms. The maximum atomic E-state index is 14.8. The van der Waals surface area contributed by atoms with E-state index in [1.165, 1.54) is 24.3 Å². The van der Waals surface area contributed by atoms with Crippen molar-refractivity contribution in [2.45, 2.75) is 49.9 Å². The van der Waals surface area contributed by atoms with Crippen LogP contribution in [0, 0.1) is 0 Å². The van der Waals surface area contributed by atoms with E-state index < -0.39 is 16.2 Å². The van der Waals surface area contributed by atoms with E-state index >= 15 is 0 Å². The summed E-state index contributed by atoms with van der Waals surface area (Å²) in [6.07, 6.45) is 2.92. The van der Waals surface area contributed by atoms with Crippen LogP contribution in [0.15, 0.2) is 76.4 Å². The summed E-state index contributed by atoms with van der Waals surface area (Å²) in [4.78, 5) is 14.7. The Kier molecular flexibility index (Phi) is 8.21. The zero-order valence-corrected chi connectivity index (χ0v) is 26.3. The number of nitrogens with zero attached hydrogens (tertiary/aromatic N) is 2. The summed E-state index contributed by atoms with van der Waals surface area (Å²) in [5.41, 5.74) is 1.35. The first-order valence-electron chi connectivity index (χ1n) is 14.3. The Bertz CT molecular complexity index is 1820. The van der Waals surface area contributed by atoms with E-state index in [1.54, 1.807) is 29.9 Å². The van der Waals surface area contributed by atoms with E-state index in [9.17, 15) is 13.2 Å². The molecule has 0 radical (unpaired) electrons. The number of benzene rings is 3. The van der Waals surface area contributed by atoms with Gasteiger partial charge >= 0.3 is 10.1 Å². The maximum Gasteiger partial charge on any atom is 0.339 e. The summed E-state index contributed by atoms with van der Waals surface area (Å²) in [7, 11) is -2.75. The molecule has 4 aromatic rings. The molecule has 43 heavy (non-hydrogen) atoms. The van der Waals surface area contributed by atoms with Gasteiger partial charge in [-0.3, -0.25) is 9.28 Å². The number of aromatic nitrogens is 1. The summed E-state index contributed by atoms with van der Waals surface area (Å²) in [5, 5.41) is 1.22. The fraction of sp³-hybridized carbons (Fsp3) is 0.344. The van der Waals surface area contributed by atoms with E-state index in [0.29, 0.717) is 31.2 Å². The third-order valence-corrected chi connectivity index (χ3v) is 10.6. The van der Waals surface area contributed by atoms with Gasteiger partial charge in [-0.1, -0.05) is 35.3 Å². The quantitative estimate of drug-likeness (QED) is 0.168. The minimum Gasteiger partial charge on any atom is -0.497 e. The van der Waals surface area contributed by atoms with Crippen LogP contribution in [-0.2, 0) is 21.4 Å². The number of halogens is 2. The lowest BCUT2D eigenvalue weighted by Crippen LogP contribution is -2.56. The highest BCUT2D eigenvalue weighted by Crippen LogP contribution is 2.45. The van der Waals surface area contributed by atoms with Gasteiger partial charge in [0.2, 0.25) is 0 Å². The van der Waals surface area contributed by atoms with Gasteiger partial charge in [-0.15, -0.1) is 0 Å². The molecule has 3 aromatic carbocycles. The maximum absolute atomic E-state index is 14.8. The third-order valence-electron chi connectivity index (χ3n) is 8.83. The largest absolute Gasteiger partial charge is 0.497 e. The molecule has 6 rings (SSSR count). The third kappa shape index (κ3) is 5.53. The molecule has 226 valence electrons. The van der Waals surface area contributed by atoms with Gasteiger partial charge in [0, 0.05) is 22.4 Å². The number of rotatable bonds is 7. The molecule has 2 aliphatic rings. The van der Waals surface area contributed by atoms with Gasteiger partial charge in [0.15, 0.2) is 12.0 Å². The minimum absolute atomic E-state index is 0.00537. The summed E-state index contributed by atoms with van der Waals surface area (Å²) in [6.45, 7) is 4.19. The molecule has 1 aromatic heterocycles. The Labute approximate surface area is 261 Å². The van der Waals surface area contributed by atoms with Crippen molar-refractivity contribution in [3.05, 3.63) is 98.3 Å². The monoisotopic (exact) mass is 643 g/mol. The Morgan fingerprint density at radius 2 is 1.63 bits per heavy atom. The molecule has 3 heterocycles. The van der Waals surface area contributed by atoms with Crippen LogP contribution in [0.5, 0.6) is 11.5 Å². The van der Waals surface area contributed by atoms with Crippen LogP contribution in [0.25, 0.3) is 10.9 Å². The Hall–Kier alpha value is -3.08. The zero-order chi connectivity index (χ0) is 30.4. The molecule has 0 aliphatic carbocycles. The van der Waals surface area contributed by atoms with Crippen molar-refractivity contribution in [1.82, 2.24) is 4.57 Å². The van der Waals surface area contributed by atoms with Gasteiger partial charge in [-0.05, 0) is 79.4 Å². The molecule has 0 amide bonds. The van der Waals surface area contributed by atoms with Crippen molar-refractivity contribution in [2.24, 2.45) is 0 Å². The lowest BCUT2D eigenvalue weighted by Gasteiger charge is -2.44. The normalized spacial score (nSPS) is 20.0. The predicted octanol–water partition coefficient (Wildman–Crippen LogP) is 6.55. The van der Waals surface area contributed by atoms with Gasteiger partial charge < -0.3 is 18.2 Å². The van der Waals surface area contributed by atoms with Gasteiger partial charge in [-0.2, -0.15) is 8.42 Å². The van der Waals surface area contributed by atoms with Crippen molar-refractivity contribution in [2.75, 3.05) is 26.8 Å². The fourth-order valence-electron chi connectivity index (χ4n) is 6.53. The van der Waals surface area contributed by atoms with Crippen molar-refractivity contribution < 1.29 is 26.6 Å². The topological polar surface area (TPSA) is 83.8 Å². The van der Waals surface area contributed by atoms with Gasteiger partial charge in [0.05, 0.1) is 32.3 Å². The Morgan fingerprint density at radius 3 is 2.30 bits per heavy atom. The van der Waals surface area contributed by atoms with Gasteiger partial charge in [0.1, 0.15) is 28.9 Å². The number of ether oxygens (including phenoxy) is 2. The molecule has 2 saturated heterocycles. The Balaban J connectivity index is 1.61. The smallest absolute Gasteiger partial charge is 0.339 e. The van der Waals surface area contributed by atoms with Crippen LogP contribution < -0.4 is 14.5 Å². The number of piperidine rings is 1. The molecular formula is C32H33Cl2N2O6S+. The second kappa shape index (κ2) is 11.8. The highest BCUT2D eigenvalue weighted by Gasteiger charge is 2.52. The number of hydrogen-bond acceptors (Lipinski definition) is 6. The molecule has 2 fully saturated rings.